The molecule has 124 heavy (non-hydrogen) atoms. The van der Waals surface area contributed by atoms with E-state index in [0.29, 0.717) is 32.1 Å². The summed E-state index contributed by atoms with van der Waals surface area (Å²) in [5.74, 6) is -0.157. The smallest absolute Gasteiger partial charge is 0.187 e. The molecule has 0 radical (unpaired) electrons. The van der Waals surface area contributed by atoms with E-state index in [1.165, 1.54) is 13.8 Å². The molecule has 8 heterocycles. The molecule has 0 aromatic heterocycles. The largest absolute Gasteiger partial charge is 0.394 e. The molecule has 0 amide bonds. The van der Waals surface area contributed by atoms with Gasteiger partial charge in [-0.15, -0.1) is 0 Å². The number of fused-ring (bicyclic) bond motifs is 5. The van der Waals surface area contributed by atoms with Gasteiger partial charge in [0.15, 0.2) is 50.3 Å². The van der Waals surface area contributed by atoms with Crippen molar-refractivity contribution in [1.82, 2.24) is 0 Å². The van der Waals surface area contributed by atoms with Crippen molar-refractivity contribution >= 4 is 0 Å². The Morgan fingerprint density at radius 3 is 1.00 bits per heavy atom. The molecular weight excluding hydrogens is 1660 g/mol. The van der Waals surface area contributed by atoms with E-state index < -0.39 is 355 Å². The molecule has 0 aromatic carbocycles. The maximum atomic E-state index is 13.3. The first-order valence-electron chi connectivity index (χ1n) is 42.9. The van der Waals surface area contributed by atoms with Crippen molar-refractivity contribution in [2.45, 2.75) is 390 Å². The van der Waals surface area contributed by atoms with Gasteiger partial charge < -0.3 is 219 Å². The second-order valence-electron chi connectivity index (χ2n) is 38.3. The van der Waals surface area contributed by atoms with Crippen molar-refractivity contribution in [3.63, 3.8) is 0 Å². The molecule has 0 bridgehead atoms. The molecule has 11 fully saturated rings. The maximum absolute atomic E-state index is 13.3. The first kappa shape index (κ1) is 101. The van der Waals surface area contributed by atoms with Crippen LogP contribution in [-0.4, -0.2) is 465 Å². The van der Waals surface area contributed by atoms with Crippen LogP contribution in [0.15, 0.2) is 11.6 Å². The van der Waals surface area contributed by atoms with Crippen molar-refractivity contribution in [3.05, 3.63) is 11.6 Å². The highest BCUT2D eigenvalue weighted by molar-refractivity contribution is 5.39. The number of aliphatic hydroxyl groups is 28. The van der Waals surface area contributed by atoms with Gasteiger partial charge in [-0.2, -0.15) is 0 Å². The summed E-state index contributed by atoms with van der Waals surface area (Å²) in [6.07, 6.45) is -71.3. The summed E-state index contributed by atoms with van der Waals surface area (Å²) in [6, 6.07) is 0. The van der Waals surface area contributed by atoms with E-state index in [4.69, 9.17) is 75.8 Å². The van der Waals surface area contributed by atoms with Crippen LogP contribution < -0.4 is 0 Å². The Balaban J connectivity index is 0.678. The summed E-state index contributed by atoms with van der Waals surface area (Å²) in [6.45, 7) is 12.8. The Morgan fingerprint density at radius 2 is 0.661 bits per heavy atom. The molecule has 8 aliphatic heterocycles. The lowest BCUT2D eigenvalue weighted by Gasteiger charge is -2.75. The molecule has 3 saturated carbocycles. The molecule has 10 unspecified atom stereocenters. The Hall–Kier alpha value is -2.02. The summed E-state index contributed by atoms with van der Waals surface area (Å²) < 4.78 is 95.0. The van der Waals surface area contributed by atoms with Crippen molar-refractivity contribution < 1.29 is 219 Å². The molecule has 4 aliphatic carbocycles. The minimum absolute atomic E-state index is 0.0334. The van der Waals surface area contributed by atoms with Gasteiger partial charge in [0.05, 0.1) is 76.8 Å². The van der Waals surface area contributed by atoms with Crippen LogP contribution in [0.2, 0.25) is 0 Å². The molecule has 12 aliphatic rings. The van der Waals surface area contributed by atoms with Crippen LogP contribution in [0.25, 0.3) is 0 Å². The lowest BCUT2D eigenvalue weighted by atomic mass is 9.29. The predicted molar refractivity (Wildman–Crippen MR) is 407 cm³/mol. The number of hydrogen-bond donors (Lipinski definition) is 28. The van der Waals surface area contributed by atoms with E-state index in [1.807, 2.05) is 13.8 Å². The Kier molecular flexibility index (Phi) is 31.9. The SMILES string of the molecule is C[C@H](CC[C@@H](OC1O[C@H](CO)[C@@H](OC2O[C@H](CO)[C@@H](O)[C@H](O)[C@H]2O)[C@H](O)[C@H]1OC1O[C@H](CO)[C@@H](O)[C@H](O)[C@H]1O)C(C)(C)O)C1CC[C@@]2(C)[C@]3(C)CC=C4C(C)(C)[C@@H](OC5O[C@H](CO)[C@@H](OC6O[C@H](CO)[C@@H](OC7O[C@H](CO)[C@@H](OC8O[C@H](CO)[C@@H](OC9O[C@H](CO)[C@@H](O)[C@H](O)[C@H]9O)[C@H](O)[C@H]8O)[C@H](O)[C@H]7O)[C@H](O)[C@H]6O)[C@H](O)[C@H]5O)CC[C@@]4(C)[C@]3(C)C(O)C[C@]12C. The quantitative estimate of drug-likeness (QED) is 0.0309. The average Bonchev–Trinajstić information content (AvgIpc) is 1.22. The first-order valence-corrected chi connectivity index (χ1v) is 42.9. The van der Waals surface area contributed by atoms with Crippen LogP contribution in [0, 0.1) is 44.3 Å². The average molecular weight is 1800 g/mol. The number of hydrogen-bond acceptors (Lipinski definition) is 44. The zero-order chi connectivity index (χ0) is 91.4. The zero-order valence-corrected chi connectivity index (χ0v) is 70.9. The summed E-state index contributed by atoms with van der Waals surface area (Å²) in [5, 5.41) is 309. The van der Waals surface area contributed by atoms with E-state index in [2.05, 4.69) is 47.6 Å². The van der Waals surface area contributed by atoms with Crippen LogP contribution in [0.4, 0.5) is 0 Å². The maximum Gasteiger partial charge on any atom is 0.187 e. The van der Waals surface area contributed by atoms with Gasteiger partial charge in [-0.05, 0) is 98.7 Å². The third kappa shape index (κ3) is 17.7. The fraction of sp³-hybridized carbons (Fsp3) is 0.975. The molecule has 44 nitrogen and oxygen atoms in total. The summed E-state index contributed by atoms with van der Waals surface area (Å²) in [7, 11) is 0. The lowest BCUT2D eigenvalue weighted by Crippen LogP contribution is -2.72. The molecule has 28 N–H and O–H groups in total. The Labute approximate surface area is 715 Å². The highest BCUT2D eigenvalue weighted by Crippen LogP contribution is 2.82. The van der Waals surface area contributed by atoms with Gasteiger partial charge in [0.25, 0.3) is 0 Å². The van der Waals surface area contributed by atoms with Gasteiger partial charge >= 0.3 is 0 Å². The molecule has 44 heteroatoms. The topological polar surface area (TPSA) is 714 Å². The molecule has 0 aromatic rings. The minimum atomic E-state index is -2.19. The summed E-state index contributed by atoms with van der Waals surface area (Å²) >= 11 is 0. The fourth-order valence-corrected chi connectivity index (χ4v) is 22.8. The number of allylic oxidation sites excluding steroid dienone is 1. The lowest BCUT2D eigenvalue weighted by molar-refractivity contribution is -0.394. The second-order valence-corrected chi connectivity index (χ2v) is 38.3. The van der Waals surface area contributed by atoms with Gasteiger partial charge in [0.2, 0.25) is 0 Å². The van der Waals surface area contributed by atoms with E-state index in [1.54, 1.807) is 0 Å². The van der Waals surface area contributed by atoms with Crippen molar-refractivity contribution in [2.75, 3.05) is 52.9 Å². The third-order valence-electron chi connectivity index (χ3n) is 30.9. The van der Waals surface area contributed by atoms with Gasteiger partial charge in [0, 0.05) is 10.8 Å². The molecule has 50 atom stereocenters. The molecule has 0 spiro atoms. The van der Waals surface area contributed by atoms with Crippen LogP contribution in [0.5, 0.6) is 0 Å². The van der Waals surface area contributed by atoms with Gasteiger partial charge in [-0.25, -0.2) is 0 Å². The number of rotatable bonds is 29. The highest BCUT2D eigenvalue weighted by atomic mass is 16.8. The standard InChI is InChI=1S/C80H136O44/c1-28(11-12-41(75(4,5)108)118-73-65(124-69-54(102)47(95)44(92)32(22-83)111-69)59(107)64(37(27-88)116-73)123-68-53(101)46(94)43(91)31(21-82)110-68)29-13-17-78(8)77(29,7)19-39(89)80(10)76(6)16-15-40(74(2,3)38(76)14-18-79(78,80)9)117-66-55(103)48(96)60(33(23-84)112-66)120-70-57(105)50(98)62(35(25-86)114-70)122-72-58(106)51(99)63(36(26-87)115-72)121-71-56(104)49(97)61(34(24-85)113-71)119-67-52(100)45(93)42(90)30(20-81)109-67/h14,28-37,39-73,81-108H,11-13,15-27H2,1-10H3/t28-,29?,30-,31-,32-,33-,34-,35-,36-,37-,39?,40+,41-,42-,43-,44-,45+,46+,47+,48-,49-,50-,51-,52-,53-,54-,55-,56-,57-,58-,59+,60-,61-,62-,63-,64-,65-,66?,67?,68?,69?,70?,71?,72?,73?,76-,77-,78-,79+,80+/m1/s1. The van der Waals surface area contributed by atoms with Crippen LogP contribution in [0.3, 0.4) is 0 Å². The molecule has 12 rings (SSSR count). The van der Waals surface area contributed by atoms with E-state index in [9.17, 15) is 143 Å². The minimum Gasteiger partial charge on any atom is -0.394 e. The van der Waals surface area contributed by atoms with Gasteiger partial charge in [-0.1, -0.05) is 67.0 Å². The summed E-state index contributed by atoms with van der Waals surface area (Å²) in [4.78, 5) is 0. The normalized spacial score (nSPS) is 53.0. The monoisotopic (exact) mass is 1800 g/mol. The van der Waals surface area contributed by atoms with E-state index in [-0.39, 0.29) is 18.3 Å². The van der Waals surface area contributed by atoms with Gasteiger partial charge in [0.1, 0.15) is 195 Å². The highest BCUT2D eigenvalue weighted by Gasteiger charge is 2.78. The van der Waals surface area contributed by atoms with E-state index in [0.717, 1.165) is 18.4 Å². The number of aliphatic hydroxyl groups excluding tert-OH is 27. The molecule has 720 valence electrons. The first-order chi connectivity index (χ1) is 58.1. The van der Waals surface area contributed by atoms with Crippen molar-refractivity contribution in [1.29, 1.82) is 0 Å². The molecule has 8 saturated heterocycles. The Bertz CT molecular complexity index is 3450. The van der Waals surface area contributed by atoms with Crippen LogP contribution >= 0.6 is 0 Å². The predicted octanol–water partition coefficient (Wildman–Crippen LogP) is -11.2. The fourth-order valence-electron chi connectivity index (χ4n) is 22.8. The zero-order valence-electron chi connectivity index (χ0n) is 70.9. The third-order valence-corrected chi connectivity index (χ3v) is 30.9. The summed E-state index contributed by atoms with van der Waals surface area (Å²) in [5.41, 5.74) is -4.65. The van der Waals surface area contributed by atoms with Gasteiger partial charge in [-0.3, -0.25) is 0 Å². The van der Waals surface area contributed by atoms with Crippen molar-refractivity contribution in [2.24, 2.45) is 44.3 Å². The number of ether oxygens (including phenoxy) is 16. The van der Waals surface area contributed by atoms with Crippen LogP contribution in [-0.2, 0) is 75.8 Å². The van der Waals surface area contributed by atoms with Crippen molar-refractivity contribution in [3.8, 4) is 0 Å². The molecular formula is C80H136O44. The second kappa shape index (κ2) is 39.1. The Morgan fingerprint density at radius 1 is 0.355 bits per heavy atom. The van der Waals surface area contributed by atoms with E-state index >= 15 is 0 Å². The van der Waals surface area contributed by atoms with Crippen LogP contribution in [0.1, 0.15) is 121 Å².